The van der Waals surface area contributed by atoms with Crippen LogP contribution in [0.25, 0.3) is 6.08 Å². The van der Waals surface area contributed by atoms with Gasteiger partial charge in [0.1, 0.15) is 5.75 Å². The predicted molar refractivity (Wildman–Crippen MR) is 81.0 cm³/mol. The van der Waals surface area contributed by atoms with Gasteiger partial charge in [-0.15, -0.1) is 11.6 Å². The van der Waals surface area contributed by atoms with Crippen molar-refractivity contribution in [1.82, 2.24) is 4.90 Å². The second-order valence-electron chi connectivity index (χ2n) is 4.02. The molecule has 0 spiro atoms. The van der Waals surface area contributed by atoms with Crippen LogP contribution >= 0.6 is 23.4 Å². The van der Waals surface area contributed by atoms with Crippen molar-refractivity contribution in [2.75, 3.05) is 19.0 Å². The van der Waals surface area contributed by atoms with Crippen LogP contribution in [-0.4, -0.2) is 35.1 Å². The van der Waals surface area contributed by atoms with Crippen LogP contribution in [0.1, 0.15) is 12.5 Å². The van der Waals surface area contributed by atoms with E-state index in [2.05, 4.69) is 0 Å². The van der Waals surface area contributed by atoms with Crippen molar-refractivity contribution in [3.8, 4) is 5.75 Å². The number of rotatable bonds is 5. The predicted octanol–water partition coefficient (Wildman–Crippen LogP) is 3.36. The largest absolute Gasteiger partial charge is 0.494 e. The molecule has 1 aromatic carbocycles. The highest BCUT2D eigenvalue weighted by Gasteiger charge is 2.34. The van der Waals surface area contributed by atoms with E-state index in [0.29, 0.717) is 11.5 Å². The smallest absolute Gasteiger partial charge is 0.293 e. The quantitative estimate of drug-likeness (QED) is 0.618. The summed E-state index contributed by atoms with van der Waals surface area (Å²) in [6.45, 7) is 2.77. The normalized spacial score (nSPS) is 17.1. The average molecular weight is 312 g/mol. The van der Waals surface area contributed by atoms with Gasteiger partial charge >= 0.3 is 0 Å². The highest BCUT2D eigenvalue weighted by molar-refractivity contribution is 8.18. The molecule has 106 valence electrons. The third-order valence-electron chi connectivity index (χ3n) is 2.67. The van der Waals surface area contributed by atoms with Gasteiger partial charge in [0.2, 0.25) is 0 Å². The van der Waals surface area contributed by atoms with Crippen LogP contribution in [0.4, 0.5) is 4.79 Å². The Kier molecular flexibility index (Phi) is 5.09. The molecule has 6 heteroatoms. The van der Waals surface area contributed by atoms with Gasteiger partial charge in [0.15, 0.2) is 0 Å². The molecule has 4 nitrogen and oxygen atoms in total. The molecular weight excluding hydrogens is 298 g/mol. The first-order valence-electron chi connectivity index (χ1n) is 6.20. The van der Waals surface area contributed by atoms with Crippen molar-refractivity contribution < 1.29 is 14.3 Å². The van der Waals surface area contributed by atoms with E-state index in [0.717, 1.165) is 28.0 Å². The first-order chi connectivity index (χ1) is 9.65. The van der Waals surface area contributed by atoms with E-state index in [1.165, 1.54) is 0 Å². The minimum absolute atomic E-state index is 0.243. The average Bonchev–Trinajstić information content (AvgIpc) is 2.69. The Morgan fingerprint density at radius 1 is 1.30 bits per heavy atom. The van der Waals surface area contributed by atoms with E-state index >= 15 is 0 Å². The summed E-state index contributed by atoms with van der Waals surface area (Å²) in [5.41, 5.74) is 0.852. The molecule has 2 rings (SSSR count). The maximum atomic E-state index is 12.0. The fraction of sp³-hybridized carbons (Fsp3) is 0.286. The second-order valence-corrected chi connectivity index (χ2v) is 5.40. The first kappa shape index (κ1) is 14.9. The highest BCUT2D eigenvalue weighted by atomic mass is 35.5. The number of alkyl halides is 1. The van der Waals surface area contributed by atoms with E-state index in [-0.39, 0.29) is 23.6 Å². The molecule has 0 N–H and O–H groups in total. The van der Waals surface area contributed by atoms with Crippen molar-refractivity contribution >= 4 is 40.6 Å². The third-order valence-corrected chi connectivity index (χ3v) is 3.75. The molecule has 0 bridgehead atoms. The molecule has 0 unspecified atom stereocenters. The molecule has 1 aliphatic rings. The fourth-order valence-corrected chi connectivity index (χ4v) is 2.79. The summed E-state index contributed by atoms with van der Waals surface area (Å²) in [7, 11) is 0. The number of amides is 2. The summed E-state index contributed by atoms with van der Waals surface area (Å²) in [5.74, 6) is 0.739. The topological polar surface area (TPSA) is 46.6 Å². The zero-order valence-electron chi connectivity index (χ0n) is 11.0. The van der Waals surface area contributed by atoms with Gasteiger partial charge in [-0.3, -0.25) is 14.5 Å². The number of imide groups is 1. The number of halogens is 1. The molecule has 1 heterocycles. The number of ether oxygens (including phenoxy) is 1. The van der Waals surface area contributed by atoms with Crippen molar-refractivity contribution in [2.24, 2.45) is 0 Å². The number of hydrogen-bond acceptors (Lipinski definition) is 4. The van der Waals surface area contributed by atoms with Gasteiger partial charge < -0.3 is 4.74 Å². The number of thioether (sulfide) groups is 1. The van der Waals surface area contributed by atoms with Crippen LogP contribution < -0.4 is 4.74 Å². The summed E-state index contributed by atoms with van der Waals surface area (Å²) in [5, 5.41) is -0.271. The summed E-state index contributed by atoms with van der Waals surface area (Å²) in [6.07, 6.45) is 1.70. The Hall–Kier alpha value is -1.46. The molecule has 0 aromatic heterocycles. The van der Waals surface area contributed by atoms with Gasteiger partial charge in [-0.25, -0.2) is 0 Å². The standard InChI is InChI=1S/C14H14ClNO3S/c1-2-19-11-5-3-10(4-6-11)9-12-13(17)16(8-7-15)14(18)20-12/h3-6,9H,2,7-8H2,1H3/b12-9-. The van der Waals surface area contributed by atoms with E-state index in [4.69, 9.17) is 16.3 Å². The number of hydrogen-bond donors (Lipinski definition) is 0. The summed E-state index contributed by atoms with van der Waals surface area (Å²) >= 11 is 6.52. The lowest BCUT2D eigenvalue weighted by atomic mass is 10.2. The van der Waals surface area contributed by atoms with Crippen LogP contribution in [0.5, 0.6) is 5.75 Å². The molecule has 0 aliphatic carbocycles. The Morgan fingerprint density at radius 3 is 2.60 bits per heavy atom. The number of carbonyl (C=O) groups excluding carboxylic acids is 2. The number of carbonyl (C=O) groups is 2. The number of nitrogens with zero attached hydrogens (tertiary/aromatic N) is 1. The molecule has 0 atom stereocenters. The lowest BCUT2D eigenvalue weighted by Gasteiger charge is -2.08. The fourth-order valence-electron chi connectivity index (χ4n) is 1.76. The number of benzene rings is 1. The van der Waals surface area contributed by atoms with Gasteiger partial charge in [-0.1, -0.05) is 12.1 Å². The van der Waals surface area contributed by atoms with E-state index in [1.54, 1.807) is 6.08 Å². The van der Waals surface area contributed by atoms with Gasteiger partial charge in [-0.2, -0.15) is 0 Å². The van der Waals surface area contributed by atoms with Crippen molar-refractivity contribution in [2.45, 2.75) is 6.92 Å². The summed E-state index contributed by atoms with van der Waals surface area (Å²) in [4.78, 5) is 25.3. The molecule has 20 heavy (non-hydrogen) atoms. The van der Waals surface area contributed by atoms with Crippen molar-refractivity contribution in [3.63, 3.8) is 0 Å². The van der Waals surface area contributed by atoms with Gasteiger partial charge in [-0.05, 0) is 42.5 Å². The van der Waals surface area contributed by atoms with Gasteiger partial charge in [0.25, 0.3) is 11.1 Å². The molecule has 2 amide bonds. The third kappa shape index (κ3) is 3.35. The van der Waals surface area contributed by atoms with Crippen LogP contribution in [0.3, 0.4) is 0 Å². The molecule has 1 saturated heterocycles. The van der Waals surface area contributed by atoms with E-state index in [9.17, 15) is 9.59 Å². The summed E-state index contributed by atoms with van der Waals surface area (Å²) in [6, 6.07) is 7.36. The second kappa shape index (κ2) is 6.81. The lowest BCUT2D eigenvalue weighted by molar-refractivity contribution is -0.122. The molecular formula is C14H14ClNO3S. The van der Waals surface area contributed by atoms with Crippen molar-refractivity contribution in [1.29, 1.82) is 0 Å². The highest BCUT2D eigenvalue weighted by Crippen LogP contribution is 2.32. The maximum absolute atomic E-state index is 12.0. The molecule has 1 aliphatic heterocycles. The first-order valence-corrected chi connectivity index (χ1v) is 7.55. The Bertz CT molecular complexity index is 542. The molecule has 0 saturated carbocycles. The minimum Gasteiger partial charge on any atom is -0.494 e. The van der Waals surface area contributed by atoms with Gasteiger partial charge in [0.05, 0.1) is 11.5 Å². The SMILES string of the molecule is CCOc1ccc(/C=C2\SC(=O)N(CCCl)C2=O)cc1. The zero-order chi connectivity index (χ0) is 14.5. The Labute approximate surface area is 126 Å². The van der Waals surface area contributed by atoms with Crippen LogP contribution in [0, 0.1) is 0 Å². The Morgan fingerprint density at radius 2 is 2.00 bits per heavy atom. The monoisotopic (exact) mass is 311 g/mol. The van der Waals surface area contributed by atoms with Crippen LogP contribution in [0.2, 0.25) is 0 Å². The minimum atomic E-state index is -0.283. The van der Waals surface area contributed by atoms with Crippen molar-refractivity contribution in [3.05, 3.63) is 34.7 Å². The Balaban J connectivity index is 2.15. The lowest BCUT2D eigenvalue weighted by Crippen LogP contribution is -2.29. The molecule has 1 fully saturated rings. The van der Waals surface area contributed by atoms with E-state index in [1.807, 2.05) is 31.2 Å². The molecule has 0 radical (unpaired) electrons. The van der Waals surface area contributed by atoms with Gasteiger partial charge in [0, 0.05) is 12.4 Å². The zero-order valence-corrected chi connectivity index (χ0v) is 12.5. The van der Waals surface area contributed by atoms with Crippen LogP contribution in [-0.2, 0) is 4.79 Å². The maximum Gasteiger partial charge on any atom is 0.293 e. The van der Waals surface area contributed by atoms with E-state index < -0.39 is 0 Å². The molecule has 1 aromatic rings. The van der Waals surface area contributed by atoms with Crippen LogP contribution in [0.15, 0.2) is 29.2 Å². The summed E-state index contributed by atoms with van der Waals surface area (Å²) < 4.78 is 5.35.